The molecule has 7 heteroatoms. The van der Waals surface area contributed by atoms with Crippen molar-refractivity contribution in [2.24, 2.45) is 0 Å². The van der Waals surface area contributed by atoms with Crippen LogP contribution in [0.3, 0.4) is 0 Å². The summed E-state index contributed by atoms with van der Waals surface area (Å²) in [5.41, 5.74) is 3.11. The zero-order valence-corrected chi connectivity index (χ0v) is 17.6. The van der Waals surface area contributed by atoms with Crippen molar-refractivity contribution in [2.75, 3.05) is 26.5 Å². The summed E-state index contributed by atoms with van der Waals surface area (Å²) in [6.07, 6.45) is 9.48. The number of esters is 1. The number of nitrogens with one attached hydrogen (secondary N) is 1. The highest BCUT2D eigenvalue weighted by Crippen LogP contribution is 2.30. The van der Waals surface area contributed by atoms with Gasteiger partial charge in [-0.2, -0.15) is 0 Å². The number of carbonyl (C=O) groups is 1. The summed E-state index contributed by atoms with van der Waals surface area (Å²) >= 11 is 0. The molecule has 4 rings (SSSR count). The van der Waals surface area contributed by atoms with Crippen LogP contribution in [0.15, 0.2) is 43.0 Å². The number of fused-ring (bicyclic) bond motifs is 1. The van der Waals surface area contributed by atoms with Crippen LogP contribution in [-0.2, 0) is 4.74 Å². The lowest BCUT2D eigenvalue weighted by atomic mass is 9.90. The Morgan fingerprint density at radius 3 is 2.60 bits per heavy atom. The summed E-state index contributed by atoms with van der Waals surface area (Å²) in [4.78, 5) is 27.3. The maximum Gasteiger partial charge on any atom is 0.339 e. The maximum atomic E-state index is 11.9. The van der Waals surface area contributed by atoms with Crippen molar-refractivity contribution >= 4 is 22.7 Å². The van der Waals surface area contributed by atoms with E-state index < -0.39 is 5.97 Å². The standard InChI is InChI=1S/C23H27N5O2/c1-28(2)19-7-5-18(6-8-19)27-22-20-11-15(4-9-21(20)25-14-26-22)16-10-17(13-24-12-16)23(29)30-3/h4,9-14,18-19H,5-8H2,1-3H3,(H,25,26,27)/t18-,19-. The second kappa shape index (κ2) is 8.75. The molecule has 2 heterocycles. The normalized spacial score (nSPS) is 19.1. The fourth-order valence-electron chi connectivity index (χ4n) is 4.11. The third-order valence-electron chi connectivity index (χ3n) is 5.90. The van der Waals surface area contributed by atoms with Gasteiger partial charge in [0.25, 0.3) is 0 Å². The number of pyridine rings is 1. The first-order chi connectivity index (χ1) is 14.5. The lowest BCUT2D eigenvalue weighted by Gasteiger charge is -2.33. The molecule has 0 aliphatic heterocycles. The molecule has 0 radical (unpaired) electrons. The number of hydrogen-bond acceptors (Lipinski definition) is 7. The van der Waals surface area contributed by atoms with E-state index in [0.29, 0.717) is 17.6 Å². The van der Waals surface area contributed by atoms with E-state index in [1.165, 1.54) is 26.1 Å². The molecule has 0 atom stereocenters. The van der Waals surface area contributed by atoms with E-state index in [2.05, 4.69) is 45.3 Å². The van der Waals surface area contributed by atoms with Crippen LogP contribution >= 0.6 is 0 Å². The largest absolute Gasteiger partial charge is 0.465 e. The minimum absolute atomic E-state index is 0.399. The number of ether oxygens (including phenoxy) is 1. The molecule has 1 aliphatic rings. The molecule has 0 bridgehead atoms. The quantitative estimate of drug-likeness (QED) is 0.647. The summed E-state index contributed by atoms with van der Waals surface area (Å²) in [6, 6.07) is 8.88. The summed E-state index contributed by atoms with van der Waals surface area (Å²) < 4.78 is 4.81. The smallest absolute Gasteiger partial charge is 0.339 e. The van der Waals surface area contributed by atoms with Crippen molar-refractivity contribution in [2.45, 2.75) is 37.8 Å². The van der Waals surface area contributed by atoms with Crippen molar-refractivity contribution in [3.05, 3.63) is 48.5 Å². The molecule has 7 nitrogen and oxygen atoms in total. The molecule has 2 aromatic heterocycles. The SMILES string of the molecule is COC(=O)c1cncc(-c2ccc3ncnc(N[C@H]4CC[C@H](N(C)C)CC4)c3c2)c1. The molecule has 1 N–H and O–H groups in total. The number of hydrogen-bond donors (Lipinski definition) is 1. The topological polar surface area (TPSA) is 80.2 Å². The van der Waals surface area contributed by atoms with E-state index in [9.17, 15) is 4.79 Å². The van der Waals surface area contributed by atoms with E-state index in [4.69, 9.17) is 4.74 Å². The van der Waals surface area contributed by atoms with Crippen molar-refractivity contribution < 1.29 is 9.53 Å². The van der Waals surface area contributed by atoms with Gasteiger partial charge in [0, 0.05) is 35.4 Å². The Morgan fingerprint density at radius 1 is 1.07 bits per heavy atom. The average Bonchev–Trinajstić information content (AvgIpc) is 2.79. The summed E-state index contributed by atoms with van der Waals surface area (Å²) in [6.45, 7) is 0. The molecule has 156 valence electrons. The second-order valence-electron chi connectivity index (χ2n) is 8.02. The Bertz CT molecular complexity index is 1040. The molecular weight excluding hydrogens is 378 g/mol. The van der Waals surface area contributed by atoms with E-state index in [-0.39, 0.29) is 0 Å². The zero-order valence-electron chi connectivity index (χ0n) is 17.6. The number of methoxy groups -OCH3 is 1. The van der Waals surface area contributed by atoms with E-state index in [1.54, 1.807) is 18.6 Å². The van der Waals surface area contributed by atoms with Crippen LogP contribution in [0.5, 0.6) is 0 Å². The first-order valence-electron chi connectivity index (χ1n) is 10.3. The minimum atomic E-state index is -0.399. The molecule has 0 amide bonds. The Morgan fingerprint density at radius 2 is 1.87 bits per heavy atom. The third-order valence-corrected chi connectivity index (χ3v) is 5.90. The number of nitrogens with zero attached hydrogens (tertiary/aromatic N) is 4. The molecule has 0 saturated heterocycles. The monoisotopic (exact) mass is 405 g/mol. The van der Waals surface area contributed by atoms with Gasteiger partial charge in [-0.05, 0) is 63.5 Å². The lowest BCUT2D eigenvalue weighted by Crippen LogP contribution is -2.36. The predicted molar refractivity (Wildman–Crippen MR) is 117 cm³/mol. The highest BCUT2D eigenvalue weighted by molar-refractivity contribution is 5.94. The van der Waals surface area contributed by atoms with Crippen molar-refractivity contribution in [3.8, 4) is 11.1 Å². The molecule has 0 unspecified atom stereocenters. The maximum absolute atomic E-state index is 11.9. The van der Waals surface area contributed by atoms with Crippen LogP contribution < -0.4 is 5.32 Å². The highest BCUT2D eigenvalue weighted by Gasteiger charge is 2.23. The lowest BCUT2D eigenvalue weighted by molar-refractivity contribution is 0.0600. The Kier molecular flexibility index (Phi) is 5.90. The van der Waals surface area contributed by atoms with Gasteiger partial charge in [0.15, 0.2) is 0 Å². The summed E-state index contributed by atoms with van der Waals surface area (Å²) in [5, 5.41) is 4.61. The van der Waals surface area contributed by atoms with Gasteiger partial charge in [-0.3, -0.25) is 4.98 Å². The average molecular weight is 406 g/mol. The van der Waals surface area contributed by atoms with Crippen molar-refractivity contribution in [3.63, 3.8) is 0 Å². The number of anilines is 1. The van der Waals surface area contributed by atoms with Crippen LogP contribution in [0.25, 0.3) is 22.0 Å². The Hall–Kier alpha value is -3.06. The van der Waals surface area contributed by atoms with Gasteiger partial charge in [-0.15, -0.1) is 0 Å². The van der Waals surface area contributed by atoms with Crippen molar-refractivity contribution in [1.29, 1.82) is 0 Å². The third kappa shape index (κ3) is 4.26. The summed E-state index contributed by atoms with van der Waals surface area (Å²) in [5.74, 6) is 0.455. The van der Waals surface area contributed by atoms with Crippen LogP contribution in [0, 0.1) is 0 Å². The van der Waals surface area contributed by atoms with Gasteiger partial charge in [0.1, 0.15) is 12.1 Å². The first kappa shape index (κ1) is 20.2. The first-order valence-corrected chi connectivity index (χ1v) is 10.3. The Labute approximate surface area is 176 Å². The van der Waals surface area contributed by atoms with Gasteiger partial charge in [-0.1, -0.05) is 6.07 Å². The molecular formula is C23H27N5O2. The number of benzene rings is 1. The number of aromatic nitrogens is 3. The van der Waals surface area contributed by atoms with Crippen LogP contribution in [0.4, 0.5) is 5.82 Å². The predicted octanol–water partition coefficient (Wildman–Crippen LogP) is 3.76. The van der Waals surface area contributed by atoms with Crippen LogP contribution in [0.1, 0.15) is 36.0 Å². The van der Waals surface area contributed by atoms with E-state index >= 15 is 0 Å². The van der Waals surface area contributed by atoms with Gasteiger partial charge >= 0.3 is 5.97 Å². The fraction of sp³-hybridized carbons (Fsp3) is 0.391. The highest BCUT2D eigenvalue weighted by atomic mass is 16.5. The van der Waals surface area contributed by atoms with E-state index in [1.807, 2.05) is 12.1 Å². The van der Waals surface area contributed by atoms with Crippen LogP contribution in [0.2, 0.25) is 0 Å². The van der Waals surface area contributed by atoms with Gasteiger partial charge < -0.3 is 15.0 Å². The van der Waals surface area contributed by atoms with Gasteiger partial charge in [0.05, 0.1) is 18.2 Å². The second-order valence-corrected chi connectivity index (χ2v) is 8.02. The Balaban J connectivity index is 1.61. The minimum Gasteiger partial charge on any atom is -0.465 e. The molecule has 0 spiro atoms. The number of rotatable bonds is 5. The molecule has 30 heavy (non-hydrogen) atoms. The molecule has 3 aromatic rings. The number of carbonyl (C=O) groups excluding carboxylic acids is 1. The molecule has 1 saturated carbocycles. The van der Waals surface area contributed by atoms with Crippen LogP contribution in [-0.4, -0.2) is 59.1 Å². The van der Waals surface area contributed by atoms with Gasteiger partial charge in [-0.25, -0.2) is 14.8 Å². The summed E-state index contributed by atoms with van der Waals surface area (Å²) in [7, 11) is 5.68. The fourth-order valence-corrected chi connectivity index (χ4v) is 4.11. The van der Waals surface area contributed by atoms with Crippen molar-refractivity contribution in [1.82, 2.24) is 19.9 Å². The molecule has 1 fully saturated rings. The van der Waals surface area contributed by atoms with Gasteiger partial charge in [0.2, 0.25) is 0 Å². The van der Waals surface area contributed by atoms with E-state index in [0.717, 1.165) is 40.7 Å². The molecule has 1 aliphatic carbocycles. The molecule has 1 aromatic carbocycles. The zero-order chi connectivity index (χ0) is 21.1.